The number of imidazole rings is 1. The third-order valence-corrected chi connectivity index (χ3v) is 2.21. The monoisotopic (exact) mass is 258 g/mol. The Kier molecular flexibility index (Phi) is 5.21. The maximum atomic E-state index is 11.4. The fourth-order valence-corrected chi connectivity index (χ4v) is 1.24. The first-order chi connectivity index (χ1) is 8.56. The minimum atomic E-state index is -0.686. The number of nitrogens with zero attached hydrogens (tertiary/aromatic N) is 3. The van der Waals surface area contributed by atoms with E-state index >= 15 is 0 Å². The third-order valence-electron chi connectivity index (χ3n) is 2.21. The lowest BCUT2D eigenvalue weighted by molar-refractivity contribution is -0.389. The molecular formula is C9H14N4O5. The zero-order valence-electron chi connectivity index (χ0n) is 9.52. The van der Waals surface area contributed by atoms with Crippen molar-refractivity contribution in [3.63, 3.8) is 0 Å². The van der Waals surface area contributed by atoms with Gasteiger partial charge in [-0.15, -0.1) is 0 Å². The van der Waals surface area contributed by atoms with E-state index < -0.39 is 11.0 Å². The van der Waals surface area contributed by atoms with Crippen LogP contribution in [0.25, 0.3) is 0 Å². The summed E-state index contributed by atoms with van der Waals surface area (Å²) in [5.74, 6) is -0.640. The summed E-state index contributed by atoms with van der Waals surface area (Å²) in [7, 11) is 0. The van der Waals surface area contributed by atoms with Gasteiger partial charge in [0, 0.05) is 13.0 Å². The van der Waals surface area contributed by atoms with E-state index in [1.165, 1.54) is 17.1 Å². The molecule has 0 aromatic carbocycles. The van der Waals surface area contributed by atoms with Gasteiger partial charge < -0.3 is 30.2 Å². The first kappa shape index (κ1) is 14.1. The van der Waals surface area contributed by atoms with Crippen molar-refractivity contribution < 1.29 is 19.9 Å². The van der Waals surface area contributed by atoms with E-state index in [4.69, 9.17) is 10.2 Å². The van der Waals surface area contributed by atoms with E-state index in [1.54, 1.807) is 0 Å². The highest BCUT2D eigenvalue weighted by Gasteiger charge is 2.12. The van der Waals surface area contributed by atoms with Gasteiger partial charge in [-0.05, 0) is 9.91 Å². The summed E-state index contributed by atoms with van der Waals surface area (Å²) >= 11 is 0. The number of nitro groups is 1. The van der Waals surface area contributed by atoms with Crippen LogP contribution < -0.4 is 5.32 Å². The first-order valence-electron chi connectivity index (χ1n) is 5.24. The summed E-state index contributed by atoms with van der Waals surface area (Å²) in [5.41, 5.74) is 0. The quantitative estimate of drug-likeness (QED) is 0.409. The van der Waals surface area contributed by atoms with Crippen molar-refractivity contribution in [3.8, 4) is 0 Å². The van der Waals surface area contributed by atoms with Crippen LogP contribution in [0.5, 0.6) is 0 Å². The smallest absolute Gasteiger partial charge is 0.381 e. The van der Waals surface area contributed by atoms with Crippen LogP contribution in [-0.2, 0) is 11.3 Å². The standard InChI is InChI=1S/C9H14N4O5/c14-4-7(5-15)11-9(16)1-2-12-3-8(10-6-12)13(17)18/h3,6-7,14-15H,1-2,4-5H2,(H,11,16). The van der Waals surface area contributed by atoms with Gasteiger partial charge in [-0.1, -0.05) is 0 Å². The van der Waals surface area contributed by atoms with Gasteiger partial charge in [0.25, 0.3) is 0 Å². The number of carbonyl (C=O) groups is 1. The highest BCUT2D eigenvalue weighted by Crippen LogP contribution is 2.05. The first-order valence-corrected chi connectivity index (χ1v) is 5.24. The van der Waals surface area contributed by atoms with Crippen LogP contribution in [-0.4, -0.2) is 49.9 Å². The summed E-state index contributed by atoms with van der Waals surface area (Å²) in [6, 6.07) is -0.686. The molecule has 0 saturated heterocycles. The van der Waals surface area contributed by atoms with E-state index in [9.17, 15) is 14.9 Å². The van der Waals surface area contributed by atoms with E-state index in [0.29, 0.717) is 0 Å². The Bertz CT molecular complexity index is 415. The maximum absolute atomic E-state index is 11.4. The Labute approximate surface area is 102 Å². The van der Waals surface area contributed by atoms with Crippen LogP contribution in [0, 0.1) is 10.1 Å². The van der Waals surface area contributed by atoms with Gasteiger partial charge >= 0.3 is 5.82 Å². The van der Waals surface area contributed by atoms with Crippen LogP contribution >= 0.6 is 0 Å². The van der Waals surface area contributed by atoms with Crippen molar-refractivity contribution in [1.82, 2.24) is 14.9 Å². The number of aromatic nitrogens is 2. The average Bonchev–Trinajstić information content (AvgIpc) is 2.82. The number of nitrogens with one attached hydrogen (secondary N) is 1. The van der Waals surface area contributed by atoms with Crippen LogP contribution in [0.15, 0.2) is 12.5 Å². The Hall–Kier alpha value is -2.00. The van der Waals surface area contributed by atoms with Gasteiger partial charge in [-0.2, -0.15) is 0 Å². The van der Waals surface area contributed by atoms with Crippen molar-refractivity contribution in [3.05, 3.63) is 22.6 Å². The van der Waals surface area contributed by atoms with Crippen LogP contribution in [0.1, 0.15) is 6.42 Å². The summed E-state index contributed by atoms with van der Waals surface area (Å²) in [6.07, 6.45) is 2.56. The number of aliphatic hydroxyl groups excluding tert-OH is 2. The summed E-state index contributed by atoms with van der Waals surface area (Å²) in [6.45, 7) is -0.464. The highest BCUT2D eigenvalue weighted by molar-refractivity contribution is 5.76. The normalized spacial score (nSPS) is 10.6. The minimum absolute atomic E-state index is 0.0734. The molecule has 1 rings (SSSR count). The highest BCUT2D eigenvalue weighted by atomic mass is 16.6. The Balaban J connectivity index is 2.39. The van der Waals surface area contributed by atoms with E-state index in [-0.39, 0.29) is 37.9 Å². The average molecular weight is 258 g/mol. The van der Waals surface area contributed by atoms with Crippen molar-refractivity contribution >= 4 is 11.7 Å². The number of amides is 1. The Morgan fingerprint density at radius 1 is 1.56 bits per heavy atom. The predicted molar refractivity (Wildman–Crippen MR) is 59.6 cm³/mol. The van der Waals surface area contributed by atoms with Crippen molar-refractivity contribution in [2.24, 2.45) is 0 Å². The molecule has 0 fully saturated rings. The molecule has 0 radical (unpaired) electrons. The molecule has 18 heavy (non-hydrogen) atoms. The number of aryl methyl sites for hydroxylation is 1. The zero-order chi connectivity index (χ0) is 13.5. The van der Waals surface area contributed by atoms with Gasteiger partial charge in [-0.3, -0.25) is 4.79 Å². The molecule has 9 nitrogen and oxygen atoms in total. The van der Waals surface area contributed by atoms with Crippen LogP contribution in [0.2, 0.25) is 0 Å². The van der Waals surface area contributed by atoms with Gasteiger partial charge in [0.1, 0.15) is 6.20 Å². The second-order valence-electron chi connectivity index (χ2n) is 3.61. The lowest BCUT2D eigenvalue weighted by Gasteiger charge is -2.12. The topological polar surface area (TPSA) is 131 Å². The van der Waals surface area contributed by atoms with E-state index in [1.807, 2.05) is 0 Å². The molecule has 0 atom stereocenters. The second kappa shape index (κ2) is 6.67. The molecule has 1 aromatic heterocycles. The molecule has 1 heterocycles. The van der Waals surface area contributed by atoms with Crippen LogP contribution in [0.3, 0.4) is 0 Å². The minimum Gasteiger partial charge on any atom is -0.394 e. The molecule has 0 aliphatic rings. The Morgan fingerprint density at radius 3 is 2.72 bits per heavy atom. The summed E-state index contributed by atoms with van der Waals surface area (Å²) in [4.78, 5) is 24.7. The van der Waals surface area contributed by atoms with Crippen molar-refractivity contribution in [2.75, 3.05) is 13.2 Å². The molecule has 1 aromatic rings. The summed E-state index contributed by atoms with van der Waals surface area (Å²) in [5, 5.41) is 30.3. The molecule has 0 aliphatic carbocycles. The molecule has 0 saturated carbocycles. The number of rotatable bonds is 7. The summed E-state index contributed by atoms with van der Waals surface area (Å²) < 4.78 is 1.42. The molecule has 100 valence electrons. The van der Waals surface area contributed by atoms with Gasteiger partial charge in [-0.25, -0.2) is 0 Å². The molecule has 0 unspecified atom stereocenters. The lowest BCUT2D eigenvalue weighted by atomic mass is 10.3. The third kappa shape index (κ3) is 4.11. The predicted octanol–water partition coefficient (Wildman–Crippen LogP) is -1.35. The van der Waals surface area contributed by atoms with Crippen molar-refractivity contribution in [1.29, 1.82) is 0 Å². The molecule has 0 spiro atoms. The molecular weight excluding hydrogens is 244 g/mol. The van der Waals surface area contributed by atoms with E-state index in [2.05, 4.69) is 10.3 Å². The molecule has 0 aliphatic heterocycles. The van der Waals surface area contributed by atoms with Gasteiger partial charge in [0.05, 0.1) is 19.3 Å². The fourth-order valence-electron chi connectivity index (χ4n) is 1.24. The molecule has 0 bridgehead atoms. The van der Waals surface area contributed by atoms with Crippen LogP contribution in [0.4, 0.5) is 5.82 Å². The number of aliphatic hydroxyl groups is 2. The number of hydrogen-bond donors (Lipinski definition) is 3. The molecule has 9 heteroatoms. The Morgan fingerprint density at radius 2 is 2.22 bits per heavy atom. The molecule has 1 amide bonds. The van der Waals surface area contributed by atoms with Gasteiger partial charge in [0.2, 0.25) is 12.2 Å². The number of carbonyl (C=O) groups excluding carboxylic acids is 1. The molecule has 3 N–H and O–H groups in total. The SMILES string of the molecule is O=C(CCn1cnc([N+](=O)[O-])c1)NC(CO)CO. The zero-order valence-corrected chi connectivity index (χ0v) is 9.52. The van der Waals surface area contributed by atoms with E-state index in [0.717, 1.165) is 0 Å². The largest absolute Gasteiger partial charge is 0.394 e. The maximum Gasteiger partial charge on any atom is 0.381 e. The number of hydrogen-bond acceptors (Lipinski definition) is 6. The fraction of sp³-hybridized carbons (Fsp3) is 0.556. The van der Waals surface area contributed by atoms with Crippen molar-refractivity contribution in [2.45, 2.75) is 19.0 Å². The second-order valence-corrected chi connectivity index (χ2v) is 3.61. The lowest BCUT2D eigenvalue weighted by Crippen LogP contribution is -2.40. The van der Waals surface area contributed by atoms with Gasteiger partial charge in [0.15, 0.2) is 0 Å².